The second-order valence-electron chi connectivity index (χ2n) is 7.78. The number of rotatable bonds is 7. The fourth-order valence-corrected chi connectivity index (χ4v) is 3.97. The Morgan fingerprint density at radius 1 is 1.00 bits per heavy atom. The van der Waals surface area contributed by atoms with Crippen molar-refractivity contribution in [1.82, 2.24) is 5.32 Å². The van der Waals surface area contributed by atoms with Crippen LogP contribution in [0.4, 0.5) is 23.7 Å². The van der Waals surface area contributed by atoms with Crippen molar-refractivity contribution in [1.29, 1.82) is 0 Å². The summed E-state index contributed by atoms with van der Waals surface area (Å²) in [6, 6.07) is 13.9. The van der Waals surface area contributed by atoms with Gasteiger partial charge in [-0.05, 0) is 22.3 Å². The minimum absolute atomic E-state index is 0.0198. The van der Waals surface area contributed by atoms with Crippen LogP contribution in [0, 0.1) is 0 Å². The third-order valence-corrected chi connectivity index (χ3v) is 5.53. The van der Waals surface area contributed by atoms with E-state index in [1.54, 1.807) is 5.32 Å². The highest BCUT2D eigenvalue weighted by atomic mass is 19.4. The molecule has 1 unspecified atom stereocenters. The average Bonchev–Trinajstić information content (AvgIpc) is 3.39. The number of ether oxygens (including phenoxy) is 1. The second-order valence-corrected chi connectivity index (χ2v) is 7.78. The van der Waals surface area contributed by atoms with E-state index in [-0.39, 0.29) is 18.2 Å². The minimum Gasteiger partial charge on any atom is -0.481 e. The summed E-state index contributed by atoms with van der Waals surface area (Å²) in [5.41, 5.74) is 3.82. The number of fused-ring (bicyclic) bond motifs is 3. The van der Waals surface area contributed by atoms with Crippen molar-refractivity contribution < 1.29 is 41.8 Å². The Labute approximate surface area is 196 Å². The average molecular weight is 488 g/mol. The fraction of sp³-hybridized carbons (Fsp3) is 0.208. The number of furan rings is 1. The number of carboxylic acids is 1. The lowest BCUT2D eigenvalue weighted by molar-refractivity contribution is -0.165. The number of carbonyl (C=O) groups is 3. The van der Waals surface area contributed by atoms with Crippen LogP contribution in [-0.4, -0.2) is 41.9 Å². The summed E-state index contributed by atoms with van der Waals surface area (Å²) in [5, 5.41) is 12.5. The zero-order valence-corrected chi connectivity index (χ0v) is 18.0. The highest BCUT2D eigenvalue weighted by Crippen LogP contribution is 2.44. The van der Waals surface area contributed by atoms with Gasteiger partial charge in [0.25, 0.3) is 5.91 Å². The third kappa shape index (κ3) is 5.13. The van der Waals surface area contributed by atoms with Crippen molar-refractivity contribution in [2.45, 2.75) is 24.6 Å². The van der Waals surface area contributed by atoms with E-state index in [4.69, 9.17) is 14.3 Å². The van der Waals surface area contributed by atoms with Crippen LogP contribution >= 0.6 is 0 Å². The number of aliphatic carboxylic acids is 1. The first-order valence-corrected chi connectivity index (χ1v) is 10.4. The molecule has 0 radical (unpaired) electrons. The fourth-order valence-electron chi connectivity index (χ4n) is 3.97. The normalized spacial score (nSPS) is 13.5. The van der Waals surface area contributed by atoms with Crippen molar-refractivity contribution in [3.05, 3.63) is 77.7 Å². The molecule has 1 aromatic heterocycles. The molecule has 0 fully saturated rings. The Balaban J connectivity index is 1.42. The molecule has 0 bridgehead atoms. The Kier molecular flexibility index (Phi) is 6.50. The number of amides is 2. The summed E-state index contributed by atoms with van der Waals surface area (Å²) >= 11 is 0. The molecule has 1 aliphatic carbocycles. The zero-order valence-electron chi connectivity index (χ0n) is 18.0. The van der Waals surface area contributed by atoms with Gasteiger partial charge in [-0.2, -0.15) is 13.2 Å². The molecule has 2 aromatic carbocycles. The summed E-state index contributed by atoms with van der Waals surface area (Å²) in [4.78, 5) is 35.5. The lowest BCUT2D eigenvalue weighted by Gasteiger charge is -2.19. The van der Waals surface area contributed by atoms with Crippen molar-refractivity contribution in [3.63, 3.8) is 0 Å². The van der Waals surface area contributed by atoms with Gasteiger partial charge in [0.1, 0.15) is 12.6 Å². The number of anilines is 1. The van der Waals surface area contributed by atoms with E-state index in [0.29, 0.717) is 0 Å². The maximum atomic E-state index is 13.1. The van der Waals surface area contributed by atoms with Gasteiger partial charge in [0.05, 0.1) is 18.4 Å². The number of hydrogen-bond acceptors (Lipinski definition) is 5. The molecule has 3 aromatic rings. The molecule has 0 spiro atoms. The number of carbonyl (C=O) groups excluding carboxylic acids is 2. The van der Waals surface area contributed by atoms with Gasteiger partial charge < -0.3 is 19.6 Å². The molecule has 4 rings (SSSR count). The van der Waals surface area contributed by atoms with Crippen LogP contribution < -0.4 is 10.6 Å². The van der Waals surface area contributed by atoms with Gasteiger partial charge in [-0.3, -0.25) is 14.9 Å². The molecule has 35 heavy (non-hydrogen) atoms. The van der Waals surface area contributed by atoms with Crippen LogP contribution in [-0.2, 0) is 9.53 Å². The molecule has 182 valence electrons. The Morgan fingerprint density at radius 3 is 2.17 bits per heavy atom. The lowest BCUT2D eigenvalue weighted by Crippen LogP contribution is -2.46. The maximum Gasteiger partial charge on any atom is 0.411 e. The molecule has 1 heterocycles. The highest BCUT2D eigenvalue weighted by Gasteiger charge is 2.42. The molecule has 11 heteroatoms. The number of benzene rings is 2. The molecule has 0 aliphatic heterocycles. The smallest absolute Gasteiger partial charge is 0.411 e. The Bertz CT molecular complexity index is 1220. The van der Waals surface area contributed by atoms with Crippen LogP contribution in [0.5, 0.6) is 0 Å². The van der Waals surface area contributed by atoms with Gasteiger partial charge in [-0.25, -0.2) is 4.79 Å². The Hall–Kier alpha value is -4.28. The van der Waals surface area contributed by atoms with E-state index in [1.807, 2.05) is 48.5 Å². The van der Waals surface area contributed by atoms with Gasteiger partial charge in [-0.1, -0.05) is 48.5 Å². The van der Waals surface area contributed by atoms with E-state index in [9.17, 15) is 27.6 Å². The molecule has 2 amide bonds. The Morgan fingerprint density at radius 2 is 1.60 bits per heavy atom. The summed E-state index contributed by atoms with van der Waals surface area (Å²) in [5.74, 6) is -3.93. The molecular weight excluding hydrogens is 469 g/mol. The number of alkyl halides is 3. The number of nitrogens with one attached hydrogen (secondary N) is 2. The highest BCUT2D eigenvalue weighted by molar-refractivity contribution is 6.00. The van der Waals surface area contributed by atoms with E-state index < -0.39 is 42.4 Å². The molecular formula is C24H19F3N2O6. The minimum atomic E-state index is -5.00. The summed E-state index contributed by atoms with van der Waals surface area (Å²) in [7, 11) is 0. The first kappa shape index (κ1) is 23.9. The molecule has 1 atom stereocenters. The van der Waals surface area contributed by atoms with Gasteiger partial charge in [0.15, 0.2) is 0 Å². The zero-order chi connectivity index (χ0) is 25.2. The second kappa shape index (κ2) is 9.53. The van der Waals surface area contributed by atoms with Gasteiger partial charge in [0.2, 0.25) is 5.76 Å². The monoisotopic (exact) mass is 488 g/mol. The largest absolute Gasteiger partial charge is 0.481 e. The number of halogens is 3. The van der Waals surface area contributed by atoms with Crippen LogP contribution in [0.15, 0.2) is 65.3 Å². The third-order valence-electron chi connectivity index (χ3n) is 5.53. The molecule has 0 saturated carbocycles. The molecule has 0 saturated heterocycles. The number of carboxylic acid groups (broad SMARTS) is 1. The topological polar surface area (TPSA) is 118 Å². The standard InChI is InChI=1S/C24H19F3N2O6/c25-24(26,27)19(11-20(30)31)29-22(32)21-18(9-10-34-21)28-23(33)35-12-17-15-7-3-1-5-13(15)14-6-2-4-8-16(14)17/h1-10,17,19H,11-12H2,(H,28,33)(H,29,32)(H,30,31). The first-order valence-electron chi connectivity index (χ1n) is 10.4. The molecule has 1 aliphatic rings. The van der Waals surface area contributed by atoms with Gasteiger partial charge >= 0.3 is 18.2 Å². The maximum absolute atomic E-state index is 13.1. The summed E-state index contributed by atoms with van der Waals surface area (Å²) in [6.45, 7) is -0.0198. The van der Waals surface area contributed by atoms with Crippen molar-refractivity contribution in [3.8, 4) is 11.1 Å². The predicted octanol–water partition coefficient (Wildman–Crippen LogP) is 4.78. The molecule has 8 nitrogen and oxygen atoms in total. The van der Waals surface area contributed by atoms with Crippen LogP contribution in [0.25, 0.3) is 11.1 Å². The van der Waals surface area contributed by atoms with Crippen molar-refractivity contribution >= 4 is 23.7 Å². The first-order chi connectivity index (χ1) is 16.6. The summed E-state index contributed by atoms with van der Waals surface area (Å²) < 4.78 is 49.4. The van der Waals surface area contributed by atoms with Crippen LogP contribution in [0.2, 0.25) is 0 Å². The molecule has 3 N–H and O–H groups in total. The van der Waals surface area contributed by atoms with Crippen molar-refractivity contribution in [2.75, 3.05) is 11.9 Å². The summed E-state index contributed by atoms with van der Waals surface area (Å²) in [6.07, 6.45) is -6.32. The van der Waals surface area contributed by atoms with E-state index in [2.05, 4.69) is 5.32 Å². The van der Waals surface area contributed by atoms with Gasteiger partial charge in [-0.15, -0.1) is 0 Å². The predicted molar refractivity (Wildman–Crippen MR) is 117 cm³/mol. The van der Waals surface area contributed by atoms with E-state index >= 15 is 0 Å². The van der Waals surface area contributed by atoms with Crippen LogP contribution in [0.1, 0.15) is 34.0 Å². The van der Waals surface area contributed by atoms with Crippen molar-refractivity contribution in [2.24, 2.45) is 0 Å². The SMILES string of the molecule is O=C(O)CC(NC(=O)c1occc1NC(=O)OCC1c2ccccc2-c2ccccc21)C(F)(F)F. The van der Waals surface area contributed by atoms with Gasteiger partial charge in [0, 0.05) is 12.0 Å². The quantitative estimate of drug-likeness (QED) is 0.441. The van der Waals surface area contributed by atoms with E-state index in [1.165, 1.54) is 0 Å². The number of hydrogen-bond donors (Lipinski definition) is 3. The van der Waals surface area contributed by atoms with E-state index in [0.717, 1.165) is 34.6 Å². The lowest BCUT2D eigenvalue weighted by atomic mass is 9.98. The van der Waals surface area contributed by atoms with Crippen LogP contribution in [0.3, 0.4) is 0 Å².